The zero-order chi connectivity index (χ0) is 16.8. The summed E-state index contributed by atoms with van der Waals surface area (Å²) in [6, 6.07) is 1.30. The Kier molecular flexibility index (Phi) is 4.28. The molecule has 1 aromatic rings. The molecule has 3 rings (SSSR count). The van der Waals surface area contributed by atoms with Gasteiger partial charge in [0.2, 0.25) is 0 Å². The lowest BCUT2D eigenvalue weighted by molar-refractivity contribution is -0.126. The summed E-state index contributed by atoms with van der Waals surface area (Å²) in [7, 11) is 1.81. The second kappa shape index (κ2) is 5.95. The van der Waals surface area contributed by atoms with E-state index in [0.29, 0.717) is 35.9 Å². The molecular formula is C14H19F3N4OS. The zero-order valence-corrected chi connectivity index (χ0v) is 13.4. The SMILES string of the molecule is CN(C1=NCNc2sc(CC(F)(F)F)cc21)[C@H]1C[C@@H](N)C[C@H]1O. The molecule has 0 amide bonds. The van der Waals surface area contributed by atoms with E-state index in [9.17, 15) is 18.3 Å². The maximum absolute atomic E-state index is 12.6. The van der Waals surface area contributed by atoms with E-state index < -0.39 is 18.7 Å². The summed E-state index contributed by atoms with van der Waals surface area (Å²) < 4.78 is 37.8. The molecule has 23 heavy (non-hydrogen) atoms. The first-order valence-electron chi connectivity index (χ1n) is 7.39. The highest BCUT2D eigenvalue weighted by Crippen LogP contribution is 2.36. The summed E-state index contributed by atoms with van der Waals surface area (Å²) in [5, 5.41) is 13.8. The van der Waals surface area contributed by atoms with Crippen molar-refractivity contribution in [2.24, 2.45) is 10.7 Å². The van der Waals surface area contributed by atoms with Gasteiger partial charge in [-0.2, -0.15) is 13.2 Å². The third kappa shape index (κ3) is 3.46. The summed E-state index contributed by atoms with van der Waals surface area (Å²) in [6.07, 6.45) is -4.56. The molecule has 2 aliphatic rings. The van der Waals surface area contributed by atoms with Crippen LogP contribution in [0.15, 0.2) is 11.1 Å². The van der Waals surface area contributed by atoms with Gasteiger partial charge in [-0.3, -0.25) is 0 Å². The van der Waals surface area contributed by atoms with Crippen molar-refractivity contribution in [3.8, 4) is 0 Å². The van der Waals surface area contributed by atoms with Crippen molar-refractivity contribution in [3.63, 3.8) is 0 Å². The molecule has 128 valence electrons. The number of aliphatic hydroxyl groups is 1. The van der Waals surface area contributed by atoms with E-state index in [1.165, 1.54) is 6.07 Å². The molecule has 1 saturated carbocycles. The van der Waals surface area contributed by atoms with Gasteiger partial charge in [-0.25, -0.2) is 4.99 Å². The van der Waals surface area contributed by atoms with E-state index in [-0.39, 0.29) is 17.0 Å². The number of thiophene rings is 1. The molecular weight excluding hydrogens is 329 g/mol. The van der Waals surface area contributed by atoms with Crippen LogP contribution in [0.1, 0.15) is 23.3 Å². The van der Waals surface area contributed by atoms with Crippen molar-refractivity contribution in [3.05, 3.63) is 16.5 Å². The number of alkyl halides is 3. The van der Waals surface area contributed by atoms with Gasteiger partial charge in [0.15, 0.2) is 0 Å². The number of fused-ring (bicyclic) bond motifs is 1. The predicted molar refractivity (Wildman–Crippen MR) is 83.9 cm³/mol. The van der Waals surface area contributed by atoms with Gasteiger partial charge in [-0.1, -0.05) is 0 Å². The molecule has 1 fully saturated rings. The first kappa shape index (κ1) is 16.5. The standard InChI is InChI=1S/C14H19F3N4OS/c1-21(10-2-7(18)3-11(10)22)12-9-4-8(5-14(15,16)17)23-13(9)20-6-19-12/h4,7,10-11,20,22H,2-3,5-6,18H2,1H3/t7-,10+,11-/m1/s1. The maximum atomic E-state index is 12.6. The molecule has 1 aromatic heterocycles. The lowest BCUT2D eigenvalue weighted by Crippen LogP contribution is -2.43. The minimum absolute atomic E-state index is 0.0671. The van der Waals surface area contributed by atoms with Crippen molar-refractivity contribution < 1.29 is 18.3 Å². The minimum atomic E-state index is -4.23. The largest absolute Gasteiger partial charge is 0.393 e. The number of aliphatic imine (C=N–C) groups is 1. The molecule has 0 spiro atoms. The predicted octanol–water partition coefficient (Wildman–Crippen LogP) is 1.76. The summed E-state index contributed by atoms with van der Waals surface area (Å²) in [6.45, 7) is 0.313. The molecule has 0 unspecified atom stereocenters. The molecule has 0 radical (unpaired) electrons. The first-order chi connectivity index (χ1) is 10.7. The lowest BCUT2D eigenvalue weighted by Gasteiger charge is -2.31. The number of anilines is 1. The molecule has 2 heterocycles. The van der Waals surface area contributed by atoms with E-state index in [0.717, 1.165) is 11.3 Å². The summed E-state index contributed by atoms with van der Waals surface area (Å²) in [5.41, 5.74) is 6.55. The summed E-state index contributed by atoms with van der Waals surface area (Å²) in [5.74, 6) is 0.613. The van der Waals surface area contributed by atoms with E-state index in [4.69, 9.17) is 5.73 Å². The third-order valence-corrected chi connectivity index (χ3v) is 5.32. The number of amidine groups is 1. The van der Waals surface area contributed by atoms with E-state index in [1.807, 2.05) is 4.90 Å². The Hall–Kier alpha value is -1.32. The molecule has 0 aromatic carbocycles. The molecule has 5 nitrogen and oxygen atoms in total. The molecule has 9 heteroatoms. The number of rotatable bonds is 2. The van der Waals surface area contributed by atoms with Gasteiger partial charge in [0.05, 0.1) is 24.1 Å². The normalized spacial score (nSPS) is 27.4. The quantitative estimate of drug-likeness (QED) is 0.762. The molecule has 0 saturated heterocycles. The second-order valence-electron chi connectivity index (χ2n) is 6.04. The molecule has 0 bridgehead atoms. The number of aliphatic hydroxyl groups excluding tert-OH is 1. The van der Waals surface area contributed by atoms with Crippen molar-refractivity contribution in [2.45, 2.75) is 43.6 Å². The fourth-order valence-electron chi connectivity index (χ4n) is 3.20. The van der Waals surface area contributed by atoms with Gasteiger partial charge >= 0.3 is 6.18 Å². The number of hydrogen-bond donors (Lipinski definition) is 3. The van der Waals surface area contributed by atoms with Crippen LogP contribution in [-0.4, -0.2) is 53.9 Å². The zero-order valence-electron chi connectivity index (χ0n) is 12.6. The number of halogens is 3. The van der Waals surface area contributed by atoms with Crippen LogP contribution in [0.2, 0.25) is 0 Å². The molecule has 4 N–H and O–H groups in total. The van der Waals surface area contributed by atoms with Crippen LogP contribution in [-0.2, 0) is 6.42 Å². The topological polar surface area (TPSA) is 73.9 Å². The van der Waals surface area contributed by atoms with Gasteiger partial charge < -0.3 is 21.1 Å². The van der Waals surface area contributed by atoms with Crippen LogP contribution in [0.3, 0.4) is 0 Å². The Bertz CT molecular complexity index is 616. The first-order valence-corrected chi connectivity index (χ1v) is 8.21. The van der Waals surface area contributed by atoms with Crippen LogP contribution in [0.25, 0.3) is 0 Å². The Morgan fingerprint density at radius 1 is 1.48 bits per heavy atom. The Morgan fingerprint density at radius 2 is 2.22 bits per heavy atom. The number of hydrogen-bond acceptors (Lipinski definition) is 6. The molecule has 3 atom stereocenters. The fourth-order valence-corrected chi connectivity index (χ4v) is 4.27. The van der Waals surface area contributed by atoms with Crippen LogP contribution in [0, 0.1) is 0 Å². The second-order valence-corrected chi connectivity index (χ2v) is 7.18. The minimum Gasteiger partial charge on any atom is -0.391 e. The van der Waals surface area contributed by atoms with Gasteiger partial charge in [-0.15, -0.1) is 11.3 Å². The Labute approximate surface area is 136 Å². The highest BCUT2D eigenvalue weighted by molar-refractivity contribution is 7.16. The number of nitrogens with zero attached hydrogens (tertiary/aromatic N) is 2. The van der Waals surface area contributed by atoms with Crippen LogP contribution in [0.5, 0.6) is 0 Å². The lowest BCUT2D eigenvalue weighted by atomic mass is 10.1. The Morgan fingerprint density at radius 3 is 2.83 bits per heavy atom. The number of nitrogens with one attached hydrogen (secondary N) is 1. The monoisotopic (exact) mass is 348 g/mol. The van der Waals surface area contributed by atoms with Crippen molar-refractivity contribution in [1.82, 2.24) is 4.90 Å². The highest BCUT2D eigenvalue weighted by atomic mass is 32.1. The van der Waals surface area contributed by atoms with Gasteiger partial charge in [0, 0.05) is 18.0 Å². The van der Waals surface area contributed by atoms with Gasteiger partial charge in [0.25, 0.3) is 0 Å². The summed E-state index contributed by atoms with van der Waals surface area (Å²) in [4.78, 5) is 6.49. The van der Waals surface area contributed by atoms with Crippen LogP contribution >= 0.6 is 11.3 Å². The maximum Gasteiger partial charge on any atom is 0.393 e. The van der Waals surface area contributed by atoms with Crippen LogP contribution in [0.4, 0.5) is 18.2 Å². The number of likely N-dealkylation sites (N-methyl/N-ethyl adjacent to an activating group) is 1. The van der Waals surface area contributed by atoms with Crippen molar-refractivity contribution in [2.75, 3.05) is 19.0 Å². The molecule has 1 aliphatic carbocycles. The van der Waals surface area contributed by atoms with Crippen molar-refractivity contribution >= 4 is 22.2 Å². The smallest absolute Gasteiger partial charge is 0.391 e. The van der Waals surface area contributed by atoms with E-state index >= 15 is 0 Å². The number of nitrogens with two attached hydrogens (primary N) is 1. The average molecular weight is 348 g/mol. The van der Waals surface area contributed by atoms with Gasteiger partial charge in [0.1, 0.15) is 17.5 Å². The highest BCUT2D eigenvalue weighted by Gasteiger charge is 2.37. The van der Waals surface area contributed by atoms with Crippen molar-refractivity contribution in [1.29, 1.82) is 0 Å². The van der Waals surface area contributed by atoms with Crippen LogP contribution < -0.4 is 11.1 Å². The molecule has 1 aliphatic heterocycles. The fraction of sp³-hybridized carbons (Fsp3) is 0.643. The van der Waals surface area contributed by atoms with E-state index in [2.05, 4.69) is 10.3 Å². The van der Waals surface area contributed by atoms with E-state index in [1.54, 1.807) is 7.05 Å². The van der Waals surface area contributed by atoms with Gasteiger partial charge in [-0.05, 0) is 18.9 Å². The average Bonchev–Trinajstić information content (AvgIpc) is 2.97. The third-order valence-electron chi connectivity index (χ3n) is 4.23. The summed E-state index contributed by atoms with van der Waals surface area (Å²) >= 11 is 1.10. The Balaban J connectivity index is 1.84.